The molecule has 2 rings (SSSR count). The molecule has 1 amide bonds. The second-order valence-corrected chi connectivity index (χ2v) is 4.04. The van der Waals surface area contributed by atoms with Gasteiger partial charge in [-0.2, -0.15) is 0 Å². The van der Waals surface area contributed by atoms with Gasteiger partial charge in [-0.15, -0.1) is 0 Å². The van der Waals surface area contributed by atoms with Crippen molar-refractivity contribution >= 4 is 5.91 Å². The van der Waals surface area contributed by atoms with Gasteiger partial charge in [0.15, 0.2) is 0 Å². The maximum atomic E-state index is 13.3. The highest BCUT2D eigenvalue weighted by Crippen LogP contribution is 2.10. The normalized spacial score (nSPS) is 10.1. The summed E-state index contributed by atoms with van der Waals surface area (Å²) in [6, 6.07) is 11.8. The van der Waals surface area contributed by atoms with E-state index in [2.05, 4.69) is 5.32 Å². The third-order valence-corrected chi connectivity index (χ3v) is 2.57. The minimum Gasteiger partial charge on any atom is -0.492 e. The van der Waals surface area contributed by atoms with Crippen LogP contribution in [0.15, 0.2) is 48.5 Å². The number of halogens is 2. The van der Waals surface area contributed by atoms with Gasteiger partial charge in [0.1, 0.15) is 24.0 Å². The average molecular weight is 277 g/mol. The molecule has 104 valence electrons. The van der Waals surface area contributed by atoms with Gasteiger partial charge in [0.25, 0.3) is 5.91 Å². The topological polar surface area (TPSA) is 38.3 Å². The summed E-state index contributed by atoms with van der Waals surface area (Å²) in [6.45, 7) is 0.441. The first-order valence-corrected chi connectivity index (χ1v) is 6.08. The molecule has 2 aromatic carbocycles. The van der Waals surface area contributed by atoms with Crippen molar-refractivity contribution in [1.29, 1.82) is 0 Å². The Balaban J connectivity index is 1.82. The maximum Gasteiger partial charge on any atom is 0.254 e. The van der Waals surface area contributed by atoms with Gasteiger partial charge in [-0.05, 0) is 30.3 Å². The van der Waals surface area contributed by atoms with E-state index in [1.165, 1.54) is 0 Å². The Hall–Kier alpha value is -2.43. The molecular weight excluding hydrogens is 264 g/mol. The van der Waals surface area contributed by atoms with E-state index in [-0.39, 0.29) is 18.7 Å². The maximum absolute atomic E-state index is 13.3. The van der Waals surface area contributed by atoms with Crippen LogP contribution >= 0.6 is 0 Å². The molecule has 0 saturated heterocycles. The largest absolute Gasteiger partial charge is 0.492 e. The summed E-state index contributed by atoms with van der Waals surface area (Å²) in [7, 11) is 0. The van der Waals surface area contributed by atoms with Crippen molar-refractivity contribution in [3.8, 4) is 5.75 Å². The monoisotopic (exact) mass is 277 g/mol. The second-order valence-electron chi connectivity index (χ2n) is 4.04. The molecule has 2 aromatic rings. The number of hydrogen-bond donors (Lipinski definition) is 1. The highest BCUT2D eigenvalue weighted by Gasteiger charge is 2.12. The molecule has 0 fully saturated rings. The van der Waals surface area contributed by atoms with Crippen LogP contribution in [0.4, 0.5) is 8.78 Å². The lowest BCUT2D eigenvalue weighted by Crippen LogP contribution is -2.28. The first-order valence-electron chi connectivity index (χ1n) is 6.08. The van der Waals surface area contributed by atoms with E-state index < -0.39 is 17.5 Å². The van der Waals surface area contributed by atoms with Gasteiger partial charge in [0.05, 0.1) is 12.1 Å². The minimum absolute atomic E-state index is 0.198. The Bertz CT molecular complexity index is 588. The fraction of sp³-hybridized carbons (Fsp3) is 0.133. The standard InChI is InChI=1S/C15H13F2NO2/c16-11-6-7-14(17)13(10-11)15(19)18-8-9-20-12-4-2-1-3-5-12/h1-7,10H,8-9H2,(H,18,19). The van der Waals surface area contributed by atoms with Crippen molar-refractivity contribution in [3.05, 3.63) is 65.7 Å². The van der Waals surface area contributed by atoms with Gasteiger partial charge in [-0.25, -0.2) is 8.78 Å². The number of nitrogens with one attached hydrogen (secondary N) is 1. The van der Waals surface area contributed by atoms with Crippen molar-refractivity contribution in [1.82, 2.24) is 5.32 Å². The number of hydrogen-bond acceptors (Lipinski definition) is 2. The van der Waals surface area contributed by atoms with Crippen LogP contribution in [-0.2, 0) is 0 Å². The van der Waals surface area contributed by atoms with E-state index in [0.717, 1.165) is 18.2 Å². The second kappa shape index (κ2) is 6.65. The molecule has 1 N–H and O–H groups in total. The van der Waals surface area contributed by atoms with Crippen molar-refractivity contribution < 1.29 is 18.3 Å². The SMILES string of the molecule is O=C(NCCOc1ccccc1)c1cc(F)ccc1F. The Kier molecular flexibility index (Phi) is 4.65. The average Bonchev–Trinajstić information content (AvgIpc) is 2.47. The fourth-order valence-electron chi connectivity index (χ4n) is 1.62. The third kappa shape index (κ3) is 3.78. The highest BCUT2D eigenvalue weighted by molar-refractivity contribution is 5.94. The predicted octanol–water partition coefficient (Wildman–Crippen LogP) is 2.77. The van der Waals surface area contributed by atoms with Gasteiger partial charge in [-0.3, -0.25) is 4.79 Å². The number of benzene rings is 2. The zero-order valence-corrected chi connectivity index (χ0v) is 10.6. The van der Waals surface area contributed by atoms with Crippen LogP contribution in [0.2, 0.25) is 0 Å². The molecule has 0 saturated carbocycles. The molecule has 0 aliphatic carbocycles. The molecule has 0 aromatic heterocycles. The summed E-state index contributed by atoms with van der Waals surface area (Å²) >= 11 is 0. The molecule has 0 radical (unpaired) electrons. The van der Waals surface area contributed by atoms with Crippen LogP contribution in [-0.4, -0.2) is 19.1 Å². The number of rotatable bonds is 5. The fourth-order valence-corrected chi connectivity index (χ4v) is 1.62. The van der Waals surface area contributed by atoms with Crippen molar-refractivity contribution in [2.24, 2.45) is 0 Å². The minimum atomic E-state index is -0.757. The summed E-state index contributed by atoms with van der Waals surface area (Å²) in [5, 5.41) is 2.47. The van der Waals surface area contributed by atoms with E-state index in [1.807, 2.05) is 18.2 Å². The Morgan fingerprint density at radius 2 is 1.85 bits per heavy atom. The van der Waals surface area contributed by atoms with Crippen LogP contribution in [0.25, 0.3) is 0 Å². The molecule has 0 bridgehead atoms. The Labute approximate surface area is 115 Å². The van der Waals surface area contributed by atoms with Crippen LogP contribution < -0.4 is 10.1 Å². The molecule has 3 nitrogen and oxygen atoms in total. The number of carbonyl (C=O) groups is 1. The molecule has 0 unspecified atom stereocenters. The Morgan fingerprint density at radius 1 is 1.10 bits per heavy atom. The lowest BCUT2D eigenvalue weighted by atomic mass is 10.2. The van der Waals surface area contributed by atoms with E-state index in [4.69, 9.17) is 4.74 Å². The summed E-state index contributed by atoms with van der Waals surface area (Å²) in [5.41, 5.74) is -0.315. The predicted molar refractivity (Wildman–Crippen MR) is 70.6 cm³/mol. The smallest absolute Gasteiger partial charge is 0.254 e. The van der Waals surface area contributed by atoms with E-state index in [9.17, 15) is 13.6 Å². The summed E-state index contributed by atoms with van der Waals surface area (Å²) in [4.78, 5) is 11.7. The summed E-state index contributed by atoms with van der Waals surface area (Å²) in [6.07, 6.45) is 0. The molecule has 0 heterocycles. The van der Waals surface area contributed by atoms with Gasteiger partial charge in [-0.1, -0.05) is 18.2 Å². The lowest BCUT2D eigenvalue weighted by Gasteiger charge is -2.08. The van der Waals surface area contributed by atoms with Gasteiger partial charge < -0.3 is 10.1 Å². The molecule has 0 atom stereocenters. The van der Waals surface area contributed by atoms with Crippen LogP contribution in [0.5, 0.6) is 5.75 Å². The zero-order valence-electron chi connectivity index (χ0n) is 10.6. The number of ether oxygens (including phenoxy) is 1. The van der Waals surface area contributed by atoms with Crippen molar-refractivity contribution in [3.63, 3.8) is 0 Å². The lowest BCUT2D eigenvalue weighted by molar-refractivity contribution is 0.0942. The van der Waals surface area contributed by atoms with Gasteiger partial charge in [0, 0.05) is 0 Å². The Morgan fingerprint density at radius 3 is 2.60 bits per heavy atom. The number of amides is 1. The number of para-hydroxylation sites is 1. The third-order valence-electron chi connectivity index (χ3n) is 2.57. The number of carbonyl (C=O) groups excluding carboxylic acids is 1. The molecule has 0 aliphatic heterocycles. The van der Waals surface area contributed by atoms with Crippen LogP contribution in [0, 0.1) is 11.6 Å². The summed E-state index contributed by atoms with van der Waals surface area (Å²) in [5.74, 6) is -1.40. The highest BCUT2D eigenvalue weighted by atomic mass is 19.1. The molecule has 20 heavy (non-hydrogen) atoms. The van der Waals surface area contributed by atoms with E-state index in [0.29, 0.717) is 5.75 Å². The zero-order chi connectivity index (χ0) is 14.4. The molecule has 0 aliphatic rings. The van der Waals surface area contributed by atoms with Crippen molar-refractivity contribution in [2.45, 2.75) is 0 Å². The van der Waals surface area contributed by atoms with Crippen LogP contribution in [0.1, 0.15) is 10.4 Å². The van der Waals surface area contributed by atoms with E-state index >= 15 is 0 Å². The van der Waals surface area contributed by atoms with Crippen LogP contribution in [0.3, 0.4) is 0 Å². The first-order chi connectivity index (χ1) is 9.66. The van der Waals surface area contributed by atoms with E-state index in [1.54, 1.807) is 12.1 Å². The van der Waals surface area contributed by atoms with Gasteiger partial charge in [0.2, 0.25) is 0 Å². The molecule has 5 heteroatoms. The van der Waals surface area contributed by atoms with Crippen molar-refractivity contribution in [2.75, 3.05) is 13.2 Å². The molecule has 0 spiro atoms. The molecular formula is C15H13F2NO2. The first kappa shape index (κ1) is 14.0. The summed E-state index contributed by atoms with van der Waals surface area (Å²) < 4.78 is 31.6. The quantitative estimate of drug-likeness (QED) is 0.853. The van der Waals surface area contributed by atoms with Gasteiger partial charge >= 0.3 is 0 Å².